The average Bonchev–Trinajstić information content (AvgIpc) is 3.57. The number of rotatable bonds is 15. The molecule has 4 heterocycles. The zero-order chi connectivity index (χ0) is 29.8. The molecule has 10 nitrogen and oxygen atoms in total. The van der Waals surface area contributed by atoms with Crippen LogP contribution in [-0.4, -0.2) is 120 Å². The summed E-state index contributed by atoms with van der Waals surface area (Å²) >= 11 is 0. The number of hydrogen-bond donors (Lipinski definition) is 1. The molecule has 2 unspecified atom stereocenters. The molecule has 6 atom stereocenters. The second-order valence-corrected chi connectivity index (χ2v) is 12.2. The Kier molecular flexibility index (Phi) is 10.3. The van der Waals surface area contributed by atoms with Crippen molar-refractivity contribution in [3.05, 3.63) is 25.3 Å². The number of ether oxygens (including phenoxy) is 3. The average molecular weight is 576 g/mol. The van der Waals surface area contributed by atoms with E-state index >= 15 is 0 Å². The molecule has 4 aliphatic heterocycles. The number of aliphatic hydroxyl groups is 1. The number of amides is 2. The first kappa shape index (κ1) is 31.7. The van der Waals surface area contributed by atoms with Gasteiger partial charge in [-0.15, -0.1) is 13.2 Å². The Morgan fingerprint density at radius 3 is 2.56 bits per heavy atom. The molecule has 1 spiro atoms. The Morgan fingerprint density at radius 1 is 1.22 bits per heavy atom. The number of aliphatic hydroxyl groups excluding tert-OH is 1. The molecule has 4 aliphatic rings. The minimum Gasteiger partial charge on any atom is -0.465 e. The molecule has 2 amide bonds. The second-order valence-electron chi connectivity index (χ2n) is 12.2. The van der Waals surface area contributed by atoms with Crippen molar-refractivity contribution >= 4 is 17.8 Å². The maximum absolute atomic E-state index is 14.6. The maximum atomic E-state index is 14.6. The van der Waals surface area contributed by atoms with Crippen LogP contribution in [0.2, 0.25) is 0 Å². The van der Waals surface area contributed by atoms with E-state index in [-0.39, 0.29) is 30.9 Å². The van der Waals surface area contributed by atoms with Crippen molar-refractivity contribution in [2.24, 2.45) is 17.8 Å². The molecule has 0 aromatic heterocycles. The van der Waals surface area contributed by atoms with Crippen LogP contribution in [0.5, 0.6) is 0 Å². The van der Waals surface area contributed by atoms with Gasteiger partial charge in [-0.2, -0.15) is 0 Å². The summed E-state index contributed by atoms with van der Waals surface area (Å²) in [5, 5.41) is 10.5. The molecule has 0 aromatic rings. The molecule has 41 heavy (non-hydrogen) atoms. The summed E-state index contributed by atoms with van der Waals surface area (Å²) in [5.41, 5.74) is -2.01. The summed E-state index contributed by atoms with van der Waals surface area (Å²) in [6.07, 6.45) is 6.44. The van der Waals surface area contributed by atoms with E-state index < -0.39 is 41.1 Å². The second kappa shape index (κ2) is 13.4. The quantitative estimate of drug-likeness (QED) is 0.180. The Bertz CT molecular complexity index is 983. The van der Waals surface area contributed by atoms with E-state index in [2.05, 4.69) is 18.1 Å². The molecule has 10 heteroatoms. The third kappa shape index (κ3) is 5.72. The third-order valence-corrected chi connectivity index (χ3v) is 9.67. The SMILES string of the molecule is C=CCCCOC(=O)[C@H]1[C@H]2C(=O)N([C@@H](CO)C(C)C)C(C(=O)N(CC=C)CCN3CCOCC3)C23CC[C@]1(CC)O3. The van der Waals surface area contributed by atoms with Crippen molar-refractivity contribution in [2.75, 3.05) is 59.2 Å². The Labute approximate surface area is 244 Å². The van der Waals surface area contributed by atoms with E-state index in [9.17, 15) is 19.5 Å². The maximum Gasteiger partial charge on any atom is 0.312 e. The number of carbonyl (C=O) groups is 3. The lowest BCUT2D eigenvalue weighted by molar-refractivity contribution is -0.164. The Morgan fingerprint density at radius 2 is 1.95 bits per heavy atom. The van der Waals surface area contributed by atoms with Crippen LogP contribution < -0.4 is 0 Å². The molecule has 4 rings (SSSR count). The van der Waals surface area contributed by atoms with Crippen molar-refractivity contribution in [2.45, 2.75) is 76.2 Å². The third-order valence-electron chi connectivity index (χ3n) is 9.67. The number of morpholine rings is 1. The van der Waals surface area contributed by atoms with E-state index in [4.69, 9.17) is 14.2 Å². The van der Waals surface area contributed by atoms with Gasteiger partial charge in [0.15, 0.2) is 0 Å². The van der Waals surface area contributed by atoms with Gasteiger partial charge in [-0.05, 0) is 38.0 Å². The van der Waals surface area contributed by atoms with Crippen molar-refractivity contribution in [1.29, 1.82) is 0 Å². The number of fused-ring (bicyclic) bond motifs is 1. The highest BCUT2D eigenvalue weighted by Gasteiger charge is 2.79. The molecular weight excluding hydrogens is 526 g/mol. The van der Waals surface area contributed by atoms with E-state index in [0.29, 0.717) is 58.5 Å². The molecule has 230 valence electrons. The van der Waals surface area contributed by atoms with Crippen LogP contribution in [0.15, 0.2) is 25.3 Å². The number of likely N-dealkylation sites (tertiary alicyclic amines) is 1. The van der Waals surface area contributed by atoms with E-state index in [1.165, 1.54) is 0 Å². The highest BCUT2D eigenvalue weighted by atomic mass is 16.6. The Balaban J connectivity index is 1.70. The predicted octanol–water partition coefficient (Wildman–Crippen LogP) is 2.01. The minimum absolute atomic E-state index is 0.114. The van der Waals surface area contributed by atoms with E-state index in [0.717, 1.165) is 19.5 Å². The summed E-state index contributed by atoms with van der Waals surface area (Å²) in [6, 6.07) is -1.54. The van der Waals surface area contributed by atoms with Crippen LogP contribution in [0.25, 0.3) is 0 Å². The number of esters is 1. The smallest absolute Gasteiger partial charge is 0.312 e. The van der Waals surface area contributed by atoms with Gasteiger partial charge in [0.1, 0.15) is 17.6 Å². The predicted molar refractivity (Wildman–Crippen MR) is 154 cm³/mol. The number of unbranched alkanes of at least 4 members (excludes halogenated alkanes) is 1. The molecule has 4 saturated heterocycles. The lowest BCUT2D eigenvalue weighted by Gasteiger charge is -2.41. The standard InChI is InChI=1S/C31H49N3O7/c1-6-9-10-18-40-29(38)25-24-27(36)34(23(21-35)22(4)5)26(31(24)12-11-30(25,8-3)41-31)28(37)33(13-7-2)15-14-32-16-19-39-20-17-32/h6-7,22-26,35H,1-2,8-21H2,3-5H3/t23-,24-,25+,26?,30-,31?/m0/s1. The normalized spacial score (nSPS) is 31.8. The number of allylic oxidation sites excluding steroid dienone is 1. The molecule has 0 radical (unpaired) electrons. The largest absolute Gasteiger partial charge is 0.465 e. The number of hydrogen-bond acceptors (Lipinski definition) is 8. The molecule has 1 N–H and O–H groups in total. The van der Waals surface area contributed by atoms with Gasteiger partial charge < -0.3 is 29.1 Å². The Hall–Kier alpha value is -2.27. The summed E-state index contributed by atoms with van der Waals surface area (Å²) in [7, 11) is 0. The van der Waals surface area contributed by atoms with Crippen LogP contribution in [-0.2, 0) is 28.6 Å². The van der Waals surface area contributed by atoms with Gasteiger partial charge in [-0.1, -0.05) is 32.9 Å². The zero-order valence-corrected chi connectivity index (χ0v) is 25.1. The summed E-state index contributed by atoms with van der Waals surface area (Å²) in [6.45, 7) is 17.8. The van der Waals surface area contributed by atoms with E-state index in [1.54, 1.807) is 22.0 Å². The van der Waals surface area contributed by atoms with Gasteiger partial charge >= 0.3 is 5.97 Å². The number of nitrogens with zero attached hydrogens (tertiary/aromatic N) is 3. The molecule has 0 aliphatic carbocycles. The lowest BCUT2D eigenvalue weighted by atomic mass is 9.65. The highest BCUT2D eigenvalue weighted by Crippen LogP contribution is 2.65. The van der Waals surface area contributed by atoms with Gasteiger partial charge in [0, 0.05) is 32.7 Å². The van der Waals surface area contributed by atoms with Crippen LogP contribution in [0.1, 0.15) is 52.9 Å². The van der Waals surface area contributed by atoms with Crippen molar-refractivity contribution in [3.63, 3.8) is 0 Å². The van der Waals surface area contributed by atoms with Gasteiger partial charge in [0.05, 0.1) is 44.0 Å². The first-order chi connectivity index (χ1) is 19.7. The first-order valence-electron chi connectivity index (χ1n) is 15.3. The fourth-order valence-corrected chi connectivity index (χ4v) is 7.47. The van der Waals surface area contributed by atoms with Crippen molar-refractivity contribution in [3.8, 4) is 0 Å². The molecule has 4 fully saturated rings. The molecule has 2 bridgehead atoms. The first-order valence-corrected chi connectivity index (χ1v) is 15.3. The molecular formula is C31H49N3O7. The van der Waals surface area contributed by atoms with Gasteiger partial charge in [0.2, 0.25) is 11.8 Å². The summed E-state index contributed by atoms with van der Waals surface area (Å²) in [4.78, 5) is 48.2. The lowest BCUT2D eigenvalue weighted by Crippen LogP contribution is -2.60. The van der Waals surface area contributed by atoms with Gasteiger partial charge in [-0.3, -0.25) is 19.3 Å². The van der Waals surface area contributed by atoms with Gasteiger partial charge in [-0.25, -0.2) is 0 Å². The van der Waals surface area contributed by atoms with Gasteiger partial charge in [0.25, 0.3) is 0 Å². The van der Waals surface area contributed by atoms with Crippen LogP contribution in [0.4, 0.5) is 0 Å². The van der Waals surface area contributed by atoms with Crippen molar-refractivity contribution < 1.29 is 33.7 Å². The zero-order valence-electron chi connectivity index (χ0n) is 25.1. The molecule has 0 aromatic carbocycles. The minimum atomic E-state index is -1.16. The fourth-order valence-electron chi connectivity index (χ4n) is 7.47. The highest BCUT2D eigenvalue weighted by molar-refractivity contribution is 5.98. The monoisotopic (exact) mass is 575 g/mol. The van der Waals surface area contributed by atoms with Crippen LogP contribution in [0.3, 0.4) is 0 Å². The molecule has 0 saturated carbocycles. The summed E-state index contributed by atoms with van der Waals surface area (Å²) < 4.78 is 18.0. The fraction of sp³-hybridized carbons (Fsp3) is 0.774. The summed E-state index contributed by atoms with van der Waals surface area (Å²) in [5.74, 6) is -2.72. The van der Waals surface area contributed by atoms with Crippen LogP contribution >= 0.6 is 0 Å². The number of carbonyl (C=O) groups excluding carboxylic acids is 3. The van der Waals surface area contributed by atoms with E-state index in [1.807, 2.05) is 20.8 Å². The van der Waals surface area contributed by atoms with Crippen molar-refractivity contribution in [1.82, 2.24) is 14.7 Å². The van der Waals surface area contributed by atoms with Crippen LogP contribution in [0, 0.1) is 17.8 Å². The topological polar surface area (TPSA) is 109 Å².